The van der Waals surface area contributed by atoms with Gasteiger partial charge in [-0.25, -0.2) is 0 Å². The molecule has 0 spiro atoms. The minimum Gasteiger partial charge on any atom is -0.489 e. The molecule has 0 fully saturated rings. The second-order valence-electron chi connectivity index (χ2n) is 3.16. The first-order valence-corrected chi connectivity index (χ1v) is 5.36. The molecule has 0 radical (unpaired) electrons. The summed E-state index contributed by atoms with van der Waals surface area (Å²) in [6.45, 7) is 2.69. The Balaban J connectivity index is 2.80. The molecule has 0 aliphatic carbocycles. The zero-order valence-electron chi connectivity index (χ0n) is 8.47. The molecule has 0 bridgehead atoms. The summed E-state index contributed by atoms with van der Waals surface area (Å²) in [5.41, 5.74) is 8.84. The van der Waals surface area contributed by atoms with Gasteiger partial charge in [0.05, 0.1) is 0 Å². The largest absolute Gasteiger partial charge is 0.489 e. The lowest BCUT2D eigenvalue weighted by Gasteiger charge is -2.11. The van der Waals surface area contributed by atoms with Crippen LogP contribution in [0.1, 0.15) is 12.5 Å². The predicted molar refractivity (Wildman–Crippen MR) is 64.4 cm³/mol. The van der Waals surface area contributed by atoms with Crippen molar-refractivity contribution in [3.8, 4) is 5.75 Å². The second-order valence-corrected chi connectivity index (χ2v) is 3.79. The van der Waals surface area contributed by atoms with E-state index < -0.39 is 0 Å². The third-order valence-electron chi connectivity index (χ3n) is 1.92. The second kappa shape index (κ2) is 6.01. The van der Waals surface area contributed by atoms with E-state index in [1.54, 1.807) is 6.07 Å². The molecule has 0 aromatic heterocycles. The summed E-state index contributed by atoms with van der Waals surface area (Å²) < 4.78 is 5.54. The van der Waals surface area contributed by atoms with E-state index in [2.05, 4.69) is 0 Å². The van der Waals surface area contributed by atoms with Gasteiger partial charge in [-0.2, -0.15) is 0 Å². The maximum absolute atomic E-state index is 5.98. The van der Waals surface area contributed by atoms with Gasteiger partial charge in [0.2, 0.25) is 0 Å². The van der Waals surface area contributed by atoms with Crippen molar-refractivity contribution < 1.29 is 4.74 Å². The van der Waals surface area contributed by atoms with E-state index in [4.69, 9.17) is 33.7 Å². The molecule has 2 nitrogen and oxygen atoms in total. The Bertz CT molecular complexity index is 364. The summed E-state index contributed by atoms with van der Waals surface area (Å²) >= 11 is 11.5. The van der Waals surface area contributed by atoms with Crippen LogP contribution in [0.25, 0.3) is 0 Å². The van der Waals surface area contributed by atoms with Crippen molar-refractivity contribution >= 4 is 23.2 Å². The van der Waals surface area contributed by atoms with Crippen molar-refractivity contribution in [2.75, 3.05) is 6.61 Å². The highest BCUT2D eigenvalue weighted by molar-refractivity contribution is 6.31. The van der Waals surface area contributed by atoms with E-state index in [1.807, 2.05) is 19.1 Å². The third kappa shape index (κ3) is 3.42. The van der Waals surface area contributed by atoms with Gasteiger partial charge in [-0.05, 0) is 24.6 Å². The average Bonchev–Trinajstić information content (AvgIpc) is 2.25. The van der Waals surface area contributed by atoms with Crippen LogP contribution in [0.5, 0.6) is 5.75 Å². The Kier molecular flexibility index (Phi) is 4.95. The highest BCUT2D eigenvalue weighted by Gasteiger charge is 2.06. The van der Waals surface area contributed by atoms with Gasteiger partial charge >= 0.3 is 0 Å². The minimum atomic E-state index is 0.360. The Morgan fingerprint density at radius 1 is 1.53 bits per heavy atom. The number of hydrogen-bond donors (Lipinski definition) is 1. The van der Waals surface area contributed by atoms with Crippen molar-refractivity contribution in [1.82, 2.24) is 0 Å². The third-order valence-corrected chi connectivity index (χ3v) is 2.65. The molecule has 1 rings (SSSR count). The molecule has 2 N–H and O–H groups in total. The number of hydrogen-bond acceptors (Lipinski definition) is 2. The van der Waals surface area contributed by atoms with Gasteiger partial charge in [0.15, 0.2) is 0 Å². The van der Waals surface area contributed by atoms with Gasteiger partial charge in [0, 0.05) is 22.7 Å². The molecule has 0 aliphatic heterocycles. The lowest BCUT2D eigenvalue weighted by atomic mass is 10.2. The topological polar surface area (TPSA) is 35.2 Å². The minimum absolute atomic E-state index is 0.360. The Hall–Kier alpha value is -0.700. The highest BCUT2D eigenvalue weighted by atomic mass is 35.5. The molecule has 0 unspecified atom stereocenters. The Morgan fingerprint density at radius 3 is 2.87 bits per heavy atom. The van der Waals surface area contributed by atoms with E-state index in [9.17, 15) is 0 Å². The lowest BCUT2D eigenvalue weighted by Crippen LogP contribution is -2.04. The van der Waals surface area contributed by atoms with E-state index in [0.29, 0.717) is 23.9 Å². The molecule has 82 valence electrons. The number of nitrogens with two attached hydrogens (primary N) is 1. The summed E-state index contributed by atoms with van der Waals surface area (Å²) in [7, 11) is 0. The lowest BCUT2D eigenvalue weighted by molar-refractivity contribution is 0.348. The average molecular weight is 246 g/mol. The number of halogens is 2. The van der Waals surface area contributed by atoms with Crippen molar-refractivity contribution in [1.29, 1.82) is 0 Å². The molecule has 1 aromatic rings. The van der Waals surface area contributed by atoms with Crippen molar-refractivity contribution in [3.63, 3.8) is 0 Å². The van der Waals surface area contributed by atoms with Gasteiger partial charge in [0.1, 0.15) is 12.4 Å². The molecule has 1 aromatic carbocycles. The fourth-order valence-electron chi connectivity index (χ4n) is 1.10. The molecule has 0 atom stereocenters. The normalized spacial score (nSPS) is 11.6. The van der Waals surface area contributed by atoms with Crippen molar-refractivity contribution in [3.05, 3.63) is 39.9 Å². The molecule has 15 heavy (non-hydrogen) atoms. The standard InChI is InChI=1S/C11H13Cl2NO/c1-8(5-12)7-15-11-4-2-3-10(13)9(11)6-14/h2-5H,6-7,14H2,1H3/b8-5-. The quantitative estimate of drug-likeness (QED) is 0.884. The van der Waals surface area contributed by atoms with Crippen LogP contribution in [0.2, 0.25) is 5.02 Å². The SMILES string of the molecule is C/C(=C/Cl)COc1cccc(Cl)c1CN. The van der Waals surface area contributed by atoms with Crippen molar-refractivity contribution in [2.45, 2.75) is 13.5 Å². The van der Waals surface area contributed by atoms with Crippen LogP contribution < -0.4 is 10.5 Å². The first-order valence-electron chi connectivity index (χ1n) is 4.55. The first-order chi connectivity index (χ1) is 7.19. The number of ether oxygens (including phenoxy) is 1. The van der Waals surface area contributed by atoms with E-state index in [0.717, 1.165) is 11.1 Å². The zero-order chi connectivity index (χ0) is 11.3. The van der Waals surface area contributed by atoms with E-state index in [-0.39, 0.29) is 0 Å². The highest BCUT2D eigenvalue weighted by Crippen LogP contribution is 2.26. The van der Waals surface area contributed by atoms with Gasteiger partial charge in [-0.1, -0.05) is 29.3 Å². The molecular weight excluding hydrogens is 233 g/mol. The fraction of sp³-hybridized carbons (Fsp3) is 0.273. The summed E-state index contributed by atoms with van der Waals surface area (Å²) in [5.74, 6) is 0.711. The fourth-order valence-corrected chi connectivity index (χ4v) is 1.40. The maximum Gasteiger partial charge on any atom is 0.125 e. The van der Waals surface area contributed by atoms with Gasteiger partial charge in [-0.15, -0.1) is 0 Å². The van der Waals surface area contributed by atoms with E-state index >= 15 is 0 Å². The molecule has 0 saturated carbocycles. The molecule has 0 aliphatic rings. The summed E-state index contributed by atoms with van der Waals surface area (Å²) in [4.78, 5) is 0. The van der Waals surface area contributed by atoms with Gasteiger partial charge < -0.3 is 10.5 Å². The summed E-state index contributed by atoms with van der Waals surface area (Å²) in [5, 5.41) is 0.627. The smallest absolute Gasteiger partial charge is 0.125 e. The van der Waals surface area contributed by atoms with Crippen LogP contribution >= 0.6 is 23.2 Å². The molecular formula is C11H13Cl2NO. The number of rotatable bonds is 4. The molecule has 0 heterocycles. The monoisotopic (exact) mass is 245 g/mol. The molecule has 0 amide bonds. The first kappa shape index (κ1) is 12.4. The molecule has 4 heteroatoms. The summed E-state index contributed by atoms with van der Waals surface area (Å²) in [6, 6.07) is 5.47. The van der Waals surface area contributed by atoms with Crippen LogP contribution in [-0.2, 0) is 6.54 Å². The Morgan fingerprint density at radius 2 is 2.27 bits per heavy atom. The van der Waals surface area contributed by atoms with Crippen molar-refractivity contribution in [2.24, 2.45) is 5.73 Å². The predicted octanol–water partition coefficient (Wildman–Crippen LogP) is 3.32. The van der Waals surface area contributed by atoms with E-state index in [1.165, 1.54) is 5.54 Å². The van der Waals surface area contributed by atoms with Crippen LogP contribution in [0.3, 0.4) is 0 Å². The van der Waals surface area contributed by atoms with Gasteiger partial charge in [-0.3, -0.25) is 0 Å². The zero-order valence-corrected chi connectivity index (χ0v) is 9.98. The van der Waals surface area contributed by atoms with Crippen LogP contribution in [-0.4, -0.2) is 6.61 Å². The number of benzene rings is 1. The Labute approximate surface area is 99.6 Å². The van der Waals surface area contributed by atoms with Crippen LogP contribution in [0, 0.1) is 0 Å². The van der Waals surface area contributed by atoms with Crippen LogP contribution in [0.4, 0.5) is 0 Å². The van der Waals surface area contributed by atoms with Gasteiger partial charge in [0.25, 0.3) is 0 Å². The maximum atomic E-state index is 5.98. The summed E-state index contributed by atoms with van der Waals surface area (Å²) in [6.07, 6.45) is 0. The molecule has 0 saturated heterocycles. The van der Waals surface area contributed by atoms with Crippen LogP contribution in [0.15, 0.2) is 29.3 Å².